The number of hydrogen-bond donors (Lipinski definition) is 0. The number of nitrogens with zero attached hydrogens (tertiary/aromatic N) is 1. The van der Waals surface area contributed by atoms with Crippen molar-refractivity contribution in [1.82, 2.24) is 5.06 Å². The Balaban J connectivity index is 3.70. The van der Waals surface area contributed by atoms with Gasteiger partial charge in [-0.1, -0.05) is 18.2 Å². The van der Waals surface area contributed by atoms with Crippen LogP contribution in [0.15, 0.2) is 24.3 Å². The molecule has 0 aromatic rings. The van der Waals surface area contributed by atoms with Gasteiger partial charge < -0.3 is 4.74 Å². The van der Waals surface area contributed by atoms with E-state index in [-0.39, 0.29) is 11.9 Å². The van der Waals surface area contributed by atoms with Gasteiger partial charge in [-0.2, -0.15) is 0 Å². The monoisotopic (exact) mass is 227 g/mol. The molecule has 0 saturated carbocycles. The molecule has 0 aliphatic rings. The van der Waals surface area contributed by atoms with Crippen LogP contribution in [0.3, 0.4) is 0 Å². The van der Waals surface area contributed by atoms with Crippen molar-refractivity contribution in [2.45, 2.75) is 13.3 Å². The van der Waals surface area contributed by atoms with Crippen LogP contribution < -0.4 is 0 Å². The number of carbonyl (C=O) groups is 2. The molecule has 0 atom stereocenters. The van der Waals surface area contributed by atoms with Gasteiger partial charge in [-0.3, -0.25) is 14.4 Å². The largest absolute Gasteiger partial charge is 0.466 e. The molecule has 0 saturated heterocycles. The van der Waals surface area contributed by atoms with E-state index in [1.54, 1.807) is 18.2 Å². The number of likely N-dealkylation sites (N-methyl/N-ethyl adjacent to an activating group) is 1. The van der Waals surface area contributed by atoms with Crippen molar-refractivity contribution in [1.29, 1.82) is 0 Å². The van der Waals surface area contributed by atoms with Crippen LogP contribution in [0, 0.1) is 0 Å². The van der Waals surface area contributed by atoms with E-state index < -0.39 is 0 Å². The van der Waals surface area contributed by atoms with Crippen molar-refractivity contribution in [2.24, 2.45) is 0 Å². The van der Waals surface area contributed by atoms with Gasteiger partial charge in [-0.15, -0.1) is 0 Å². The quantitative estimate of drug-likeness (QED) is 0.224. The molecule has 0 rings (SSSR count). The van der Waals surface area contributed by atoms with Crippen molar-refractivity contribution in [2.75, 3.05) is 20.8 Å². The minimum absolute atomic E-state index is 0.243. The average Bonchev–Trinajstić information content (AvgIpc) is 2.25. The Morgan fingerprint density at radius 3 is 2.56 bits per heavy atom. The van der Waals surface area contributed by atoms with E-state index >= 15 is 0 Å². The van der Waals surface area contributed by atoms with Gasteiger partial charge in [0.1, 0.15) is 0 Å². The Bertz CT molecular complexity index is 284. The fourth-order valence-corrected chi connectivity index (χ4v) is 0.778. The molecule has 0 fully saturated rings. The minimum Gasteiger partial charge on any atom is -0.466 e. The summed E-state index contributed by atoms with van der Waals surface area (Å²) in [5, 5.41) is 1.11. The SMILES string of the molecule is CON(C)C(=O)/C=C/C=C/CCOC(C)=O. The first-order chi connectivity index (χ1) is 7.57. The van der Waals surface area contributed by atoms with E-state index in [2.05, 4.69) is 4.84 Å². The van der Waals surface area contributed by atoms with Gasteiger partial charge >= 0.3 is 5.97 Å². The summed E-state index contributed by atoms with van der Waals surface area (Å²) >= 11 is 0. The van der Waals surface area contributed by atoms with Crippen LogP contribution in [0.4, 0.5) is 0 Å². The molecule has 16 heavy (non-hydrogen) atoms. The molecular formula is C11H17NO4. The summed E-state index contributed by atoms with van der Waals surface area (Å²) in [7, 11) is 2.94. The summed E-state index contributed by atoms with van der Waals surface area (Å²) in [5.41, 5.74) is 0. The number of hydrogen-bond acceptors (Lipinski definition) is 4. The molecule has 0 aromatic carbocycles. The number of esters is 1. The van der Waals surface area contributed by atoms with Crippen molar-refractivity contribution in [3.63, 3.8) is 0 Å². The zero-order chi connectivity index (χ0) is 12.4. The highest BCUT2D eigenvalue weighted by atomic mass is 16.7. The molecule has 0 aromatic heterocycles. The lowest BCUT2D eigenvalue weighted by atomic mass is 10.3. The molecule has 0 unspecified atom stereocenters. The van der Waals surface area contributed by atoms with Crippen LogP contribution >= 0.6 is 0 Å². The Morgan fingerprint density at radius 1 is 1.31 bits per heavy atom. The molecule has 0 aliphatic heterocycles. The zero-order valence-electron chi connectivity index (χ0n) is 9.80. The molecule has 0 aliphatic carbocycles. The van der Waals surface area contributed by atoms with Crippen LogP contribution in [-0.2, 0) is 19.2 Å². The lowest BCUT2D eigenvalue weighted by Crippen LogP contribution is -2.22. The number of carbonyl (C=O) groups excluding carboxylic acids is 2. The van der Waals surface area contributed by atoms with Gasteiger partial charge in [-0.05, 0) is 6.42 Å². The van der Waals surface area contributed by atoms with E-state index in [4.69, 9.17) is 4.74 Å². The molecule has 0 N–H and O–H groups in total. The molecule has 5 nitrogen and oxygen atoms in total. The average molecular weight is 227 g/mol. The van der Waals surface area contributed by atoms with Crippen molar-refractivity contribution >= 4 is 11.9 Å². The predicted molar refractivity (Wildman–Crippen MR) is 59.3 cm³/mol. The molecule has 0 bridgehead atoms. The molecule has 0 radical (unpaired) electrons. The standard InChI is InChI=1S/C11H17NO4/c1-10(13)16-9-7-5-4-6-8-11(14)12(2)15-3/h4-6,8H,7,9H2,1-3H3/b5-4+,8-6+. The topological polar surface area (TPSA) is 55.8 Å². The minimum atomic E-state index is -0.291. The number of rotatable bonds is 6. The third kappa shape index (κ3) is 7.75. The fourth-order valence-electron chi connectivity index (χ4n) is 0.778. The fraction of sp³-hybridized carbons (Fsp3) is 0.455. The van der Waals surface area contributed by atoms with Gasteiger partial charge in [0.05, 0.1) is 13.7 Å². The first kappa shape index (κ1) is 14.4. The number of ether oxygens (including phenoxy) is 1. The molecule has 90 valence electrons. The van der Waals surface area contributed by atoms with Gasteiger partial charge in [0.2, 0.25) is 0 Å². The smallest absolute Gasteiger partial charge is 0.302 e. The Labute approximate surface area is 95.3 Å². The lowest BCUT2D eigenvalue weighted by molar-refractivity contribution is -0.162. The Morgan fingerprint density at radius 2 is 2.00 bits per heavy atom. The highest BCUT2D eigenvalue weighted by molar-refractivity contribution is 5.86. The second-order valence-corrected chi connectivity index (χ2v) is 2.93. The van der Waals surface area contributed by atoms with E-state index in [0.29, 0.717) is 13.0 Å². The number of amides is 1. The number of allylic oxidation sites excluding steroid dienone is 2. The summed E-state index contributed by atoms with van der Waals surface area (Å²) < 4.78 is 4.72. The van der Waals surface area contributed by atoms with Gasteiger partial charge in [0.15, 0.2) is 0 Å². The number of hydroxylamine groups is 2. The van der Waals surface area contributed by atoms with Crippen molar-refractivity contribution in [3.8, 4) is 0 Å². The summed E-state index contributed by atoms with van der Waals surface area (Å²) in [5.74, 6) is -0.534. The molecule has 1 amide bonds. The van der Waals surface area contributed by atoms with Crippen LogP contribution in [0.5, 0.6) is 0 Å². The lowest BCUT2D eigenvalue weighted by Gasteiger charge is -2.09. The summed E-state index contributed by atoms with van der Waals surface area (Å²) in [4.78, 5) is 26.3. The van der Waals surface area contributed by atoms with Gasteiger partial charge in [0.25, 0.3) is 5.91 Å². The van der Waals surface area contributed by atoms with E-state index in [9.17, 15) is 9.59 Å². The summed E-state index contributed by atoms with van der Waals surface area (Å²) in [6.45, 7) is 1.72. The van der Waals surface area contributed by atoms with E-state index in [0.717, 1.165) is 5.06 Å². The first-order valence-electron chi connectivity index (χ1n) is 4.86. The molecule has 0 heterocycles. The highest BCUT2D eigenvalue weighted by Crippen LogP contribution is 1.90. The van der Waals surface area contributed by atoms with Crippen molar-refractivity contribution in [3.05, 3.63) is 24.3 Å². The second-order valence-electron chi connectivity index (χ2n) is 2.93. The highest BCUT2D eigenvalue weighted by Gasteiger charge is 2.00. The van der Waals surface area contributed by atoms with Crippen LogP contribution in [0.1, 0.15) is 13.3 Å². The van der Waals surface area contributed by atoms with Crippen molar-refractivity contribution < 1.29 is 19.2 Å². The second kappa shape index (κ2) is 8.67. The summed E-state index contributed by atoms with van der Waals surface area (Å²) in [6, 6.07) is 0. The third-order valence-corrected chi connectivity index (χ3v) is 1.66. The third-order valence-electron chi connectivity index (χ3n) is 1.66. The maximum atomic E-state index is 11.2. The van der Waals surface area contributed by atoms with Gasteiger partial charge in [-0.25, -0.2) is 5.06 Å². The first-order valence-corrected chi connectivity index (χ1v) is 4.86. The normalized spacial score (nSPS) is 10.9. The van der Waals surface area contributed by atoms with E-state index in [1.807, 2.05) is 0 Å². The van der Waals surface area contributed by atoms with Crippen LogP contribution in [-0.4, -0.2) is 37.7 Å². The molecular weight excluding hydrogens is 210 g/mol. The predicted octanol–water partition coefficient (Wildman–Crippen LogP) is 1.07. The van der Waals surface area contributed by atoms with Gasteiger partial charge in [0, 0.05) is 20.0 Å². The Hall–Kier alpha value is -1.62. The maximum absolute atomic E-state index is 11.2. The Kier molecular flexibility index (Phi) is 7.79. The maximum Gasteiger partial charge on any atom is 0.302 e. The summed E-state index contributed by atoms with van der Waals surface area (Å²) in [6.07, 6.45) is 7.13. The zero-order valence-corrected chi connectivity index (χ0v) is 9.80. The molecule has 5 heteroatoms. The van der Waals surface area contributed by atoms with Crippen LogP contribution in [0.2, 0.25) is 0 Å². The molecule has 0 spiro atoms. The van der Waals surface area contributed by atoms with E-state index in [1.165, 1.54) is 27.2 Å². The van der Waals surface area contributed by atoms with Crippen LogP contribution in [0.25, 0.3) is 0 Å².